The molecule has 2 saturated heterocycles. The first-order valence-electron chi connectivity index (χ1n) is 8.45. The average Bonchev–Trinajstić information content (AvgIpc) is 3.27. The molecule has 2 fully saturated rings. The van der Waals surface area contributed by atoms with E-state index < -0.39 is 0 Å². The van der Waals surface area contributed by atoms with Gasteiger partial charge in [-0.2, -0.15) is 0 Å². The molecule has 0 radical (unpaired) electrons. The molecule has 128 valence electrons. The van der Waals surface area contributed by atoms with Crippen molar-refractivity contribution in [3.8, 4) is 11.8 Å². The second-order valence-corrected chi connectivity index (χ2v) is 6.24. The molecule has 1 amide bonds. The van der Waals surface area contributed by atoms with Gasteiger partial charge in [-0.15, -0.1) is 0 Å². The van der Waals surface area contributed by atoms with E-state index in [0.717, 1.165) is 25.2 Å². The van der Waals surface area contributed by atoms with Crippen LogP contribution in [0.1, 0.15) is 30.9 Å². The molecular weight excluding hydrogens is 307 g/mol. The summed E-state index contributed by atoms with van der Waals surface area (Å²) in [6.45, 7) is 3.41. The second-order valence-electron chi connectivity index (χ2n) is 6.24. The number of benzene rings is 1. The average molecular weight is 330 g/mol. The molecule has 3 N–H and O–H groups in total. The number of hydrogen-bond acceptors (Lipinski definition) is 4. The highest BCUT2D eigenvalue weighted by molar-refractivity contribution is 5.82. The lowest BCUT2D eigenvalue weighted by molar-refractivity contribution is -0.122. The van der Waals surface area contributed by atoms with Gasteiger partial charge in [0, 0.05) is 6.04 Å². The van der Waals surface area contributed by atoms with Gasteiger partial charge in [0.15, 0.2) is 0 Å². The molecular formula is C18H23FN4O. The number of hydrazine groups is 1. The fraction of sp³-hybridized carbons (Fsp3) is 0.500. The number of likely N-dealkylation sites (tertiary alicyclic amines) is 1. The van der Waals surface area contributed by atoms with Gasteiger partial charge in [-0.3, -0.25) is 9.69 Å². The number of hydrogen-bond donors (Lipinski definition) is 3. The zero-order valence-electron chi connectivity index (χ0n) is 13.6. The van der Waals surface area contributed by atoms with E-state index in [1.165, 1.54) is 25.0 Å². The van der Waals surface area contributed by atoms with Crippen LogP contribution in [0, 0.1) is 17.7 Å². The molecule has 6 heteroatoms. The smallest absolute Gasteiger partial charge is 0.239 e. The highest BCUT2D eigenvalue weighted by Crippen LogP contribution is 2.22. The molecule has 2 aliphatic rings. The number of halogens is 1. The first kappa shape index (κ1) is 16.9. The SMILES string of the molecule is O=C(NCC#CCN1CCCC1)C1CC(c2ccc(F)cc2)NN1. The molecule has 2 aliphatic heterocycles. The molecule has 2 heterocycles. The van der Waals surface area contributed by atoms with Crippen LogP contribution in [0.3, 0.4) is 0 Å². The van der Waals surface area contributed by atoms with Crippen LogP contribution in [0.4, 0.5) is 4.39 Å². The zero-order valence-corrected chi connectivity index (χ0v) is 13.6. The molecule has 0 bridgehead atoms. The van der Waals surface area contributed by atoms with Gasteiger partial charge in [0.05, 0.1) is 13.1 Å². The Labute approximate surface area is 142 Å². The van der Waals surface area contributed by atoms with Crippen molar-refractivity contribution in [2.75, 3.05) is 26.2 Å². The van der Waals surface area contributed by atoms with Crippen LogP contribution in [0.2, 0.25) is 0 Å². The summed E-state index contributed by atoms with van der Waals surface area (Å²) in [6.07, 6.45) is 3.14. The summed E-state index contributed by atoms with van der Waals surface area (Å²) >= 11 is 0. The normalized spacial score (nSPS) is 23.7. The fourth-order valence-electron chi connectivity index (χ4n) is 3.07. The van der Waals surface area contributed by atoms with Crippen molar-refractivity contribution in [2.24, 2.45) is 0 Å². The Hall–Kier alpha value is -1.94. The first-order valence-corrected chi connectivity index (χ1v) is 8.45. The first-order chi connectivity index (χ1) is 11.7. The Kier molecular flexibility index (Phi) is 5.81. The molecule has 1 aromatic rings. The van der Waals surface area contributed by atoms with Crippen LogP contribution < -0.4 is 16.2 Å². The predicted molar refractivity (Wildman–Crippen MR) is 90.3 cm³/mol. The summed E-state index contributed by atoms with van der Waals surface area (Å²) in [5, 5.41) is 2.84. The van der Waals surface area contributed by atoms with Crippen molar-refractivity contribution >= 4 is 5.91 Å². The number of rotatable bonds is 4. The van der Waals surface area contributed by atoms with Crippen molar-refractivity contribution in [3.63, 3.8) is 0 Å². The minimum absolute atomic E-state index is 0.00241. The molecule has 1 aromatic carbocycles. The summed E-state index contributed by atoms with van der Waals surface area (Å²) < 4.78 is 13.0. The largest absolute Gasteiger partial charge is 0.344 e. The monoisotopic (exact) mass is 330 g/mol. The van der Waals surface area contributed by atoms with E-state index in [0.29, 0.717) is 13.0 Å². The van der Waals surface area contributed by atoms with Gasteiger partial charge in [-0.05, 0) is 50.0 Å². The van der Waals surface area contributed by atoms with Crippen LogP contribution >= 0.6 is 0 Å². The van der Waals surface area contributed by atoms with E-state index in [9.17, 15) is 9.18 Å². The Morgan fingerprint density at radius 2 is 1.96 bits per heavy atom. The van der Waals surface area contributed by atoms with E-state index in [4.69, 9.17) is 0 Å². The lowest BCUT2D eigenvalue weighted by Crippen LogP contribution is -2.43. The lowest BCUT2D eigenvalue weighted by atomic mass is 10.0. The van der Waals surface area contributed by atoms with Crippen molar-refractivity contribution in [1.82, 2.24) is 21.1 Å². The van der Waals surface area contributed by atoms with Gasteiger partial charge in [-0.1, -0.05) is 24.0 Å². The molecule has 5 nitrogen and oxygen atoms in total. The molecule has 0 aromatic heterocycles. The third-order valence-corrected chi connectivity index (χ3v) is 4.47. The third kappa shape index (κ3) is 4.54. The predicted octanol–water partition coefficient (Wildman–Crippen LogP) is 0.949. The van der Waals surface area contributed by atoms with Gasteiger partial charge in [-0.25, -0.2) is 15.2 Å². The summed E-state index contributed by atoms with van der Waals surface area (Å²) in [6, 6.07) is 6.03. The number of carbonyl (C=O) groups excluding carboxylic acids is 1. The van der Waals surface area contributed by atoms with Crippen LogP contribution in [-0.4, -0.2) is 43.0 Å². The van der Waals surface area contributed by atoms with E-state index in [-0.39, 0.29) is 23.8 Å². The lowest BCUT2D eigenvalue weighted by Gasteiger charge is -2.10. The maximum Gasteiger partial charge on any atom is 0.239 e. The maximum absolute atomic E-state index is 13.0. The molecule has 2 atom stereocenters. The van der Waals surface area contributed by atoms with Gasteiger partial charge in [0.2, 0.25) is 5.91 Å². The quantitative estimate of drug-likeness (QED) is 0.720. The standard InChI is InChI=1S/C18H23FN4O/c19-15-7-5-14(6-8-15)16-13-17(22-21-16)18(24)20-9-1-2-10-23-11-3-4-12-23/h5-8,16-17,21-22H,3-4,9-13H2,(H,20,24). The molecule has 0 aliphatic carbocycles. The Balaban J connectivity index is 1.40. The van der Waals surface area contributed by atoms with Gasteiger partial charge in [0.25, 0.3) is 0 Å². The Bertz CT molecular complexity index is 616. The van der Waals surface area contributed by atoms with Crippen LogP contribution in [-0.2, 0) is 4.79 Å². The summed E-state index contributed by atoms with van der Waals surface area (Å²) in [7, 11) is 0. The van der Waals surface area contributed by atoms with E-state index >= 15 is 0 Å². The van der Waals surface area contributed by atoms with Crippen molar-refractivity contribution < 1.29 is 9.18 Å². The molecule has 0 spiro atoms. The van der Waals surface area contributed by atoms with E-state index in [1.54, 1.807) is 12.1 Å². The molecule has 3 rings (SSSR count). The number of nitrogens with one attached hydrogen (secondary N) is 3. The molecule has 24 heavy (non-hydrogen) atoms. The third-order valence-electron chi connectivity index (χ3n) is 4.47. The zero-order chi connectivity index (χ0) is 16.8. The molecule has 2 unspecified atom stereocenters. The second kappa shape index (κ2) is 8.25. The van der Waals surface area contributed by atoms with Crippen LogP contribution in [0.15, 0.2) is 24.3 Å². The Morgan fingerprint density at radius 1 is 1.21 bits per heavy atom. The number of nitrogens with zero attached hydrogens (tertiary/aromatic N) is 1. The van der Waals surface area contributed by atoms with Crippen molar-refractivity contribution in [3.05, 3.63) is 35.6 Å². The van der Waals surface area contributed by atoms with Crippen molar-refractivity contribution in [1.29, 1.82) is 0 Å². The molecule has 0 saturated carbocycles. The van der Waals surface area contributed by atoms with Gasteiger partial charge >= 0.3 is 0 Å². The highest BCUT2D eigenvalue weighted by Gasteiger charge is 2.29. The fourth-order valence-corrected chi connectivity index (χ4v) is 3.07. The van der Waals surface area contributed by atoms with Gasteiger partial charge < -0.3 is 5.32 Å². The maximum atomic E-state index is 13.0. The summed E-state index contributed by atoms with van der Waals surface area (Å²) in [5.74, 6) is 5.78. The van der Waals surface area contributed by atoms with E-state index in [1.807, 2.05) is 0 Å². The van der Waals surface area contributed by atoms with Crippen LogP contribution in [0.5, 0.6) is 0 Å². The number of amides is 1. The summed E-state index contributed by atoms with van der Waals surface area (Å²) in [5.41, 5.74) is 7.04. The van der Waals surface area contributed by atoms with Crippen LogP contribution in [0.25, 0.3) is 0 Å². The minimum atomic E-state index is -0.305. The van der Waals surface area contributed by atoms with Gasteiger partial charge in [0.1, 0.15) is 11.9 Å². The summed E-state index contributed by atoms with van der Waals surface area (Å²) in [4.78, 5) is 14.5. The van der Waals surface area contributed by atoms with E-state index in [2.05, 4.69) is 32.9 Å². The topological polar surface area (TPSA) is 56.4 Å². The highest BCUT2D eigenvalue weighted by atomic mass is 19.1. The minimum Gasteiger partial charge on any atom is -0.344 e. The number of carbonyl (C=O) groups is 1. The Morgan fingerprint density at radius 3 is 2.71 bits per heavy atom. The van der Waals surface area contributed by atoms with Crippen molar-refractivity contribution in [2.45, 2.75) is 31.3 Å².